The van der Waals surface area contributed by atoms with Crippen LogP contribution in [0, 0.1) is 24.0 Å². The molecule has 0 unspecified atom stereocenters. The first-order valence-corrected chi connectivity index (χ1v) is 12.5. The van der Waals surface area contributed by atoms with Gasteiger partial charge in [0.1, 0.15) is 11.4 Å². The minimum Gasteiger partial charge on any atom is -0.494 e. The number of azo groups is 2. The van der Waals surface area contributed by atoms with Gasteiger partial charge in [-0.25, -0.2) is 0 Å². The smallest absolute Gasteiger partial charge is 0.296 e. The molecule has 3 rings (SSSR count). The first-order valence-electron chi connectivity index (χ1n) is 12.5. The Hall–Kier alpha value is -4.18. The predicted octanol–water partition coefficient (Wildman–Crippen LogP) is 8.30. The van der Waals surface area contributed by atoms with Crippen molar-refractivity contribution >= 4 is 34.1 Å². The van der Waals surface area contributed by atoms with Crippen molar-refractivity contribution in [1.82, 2.24) is 0 Å². The Morgan fingerprint density at radius 2 is 1.58 bits per heavy atom. The van der Waals surface area contributed by atoms with Crippen LogP contribution in [0.2, 0.25) is 0 Å². The molecule has 0 aliphatic heterocycles. The molecule has 0 aliphatic carbocycles. The fraction of sp³-hybridized carbons (Fsp3) is 0.357. The largest absolute Gasteiger partial charge is 0.494 e. The molecule has 10 nitrogen and oxygen atoms in total. The Labute approximate surface area is 223 Å². The van der Waals surface area contributed by atoms with E-state index in [0.717, 1.165) is 42.7 Å². The van der Waals surface area contributed by atoms with E-state index in [0.29, 0.717) is 29.4 Å². The summed E-state index contributed by atoms with van der Waals surface area (Å²) in [6, 6.07) is 16.2. The van der Waals surface area contributed by atoms with E-state index in [9.17, 15) is 10.1 Å². The molecule has 3 aromatic rings. The Balaban J connectivity index is 1.80. The maximum absolute atomic E-state index is 11.4. The van der Waals surface area contributed by atoms with Crippen LogP contribution in [0.15, 0.2) is 75.1 Å². The molecule has 0 atom stereocenters. The van der Waals surface area contributed by atoms with Gasteiger partial charge in [-0.05, 0) is 67.8 Å². The quantitative estimate of drug-likeness (QED) is 0.128. The van der Waals surface area contributed by atoms with Gasteiger partial charge in [0, 0.05) is 38.0 Å². The zero-order valence-corrected chi connectivity index (χ0v) is 22.5. The van der Waals surface area contributed by atoms with Gasteiger partial charge >= 0.3 is 0 Å². The highest BCUT2D eigenvalue weighted by atomic mass is 16.6. The lowest BCUT2D eigenvalue weighted by atomic mass is 10.1. The summed E-state index contributed by atoms with van der Waals surface area (Å²) in [4.78, 5) is 13.2. The Morgan fingerprint density at radius 3 is 2.24 bits per heavy atom. The number of benzene rings is 3. The lowest BCUT2D eigenvalue weighted by molar-refractivity contribution is -0.384. The van der Waals surface area contributed by atoms with Crippen LogP contribution in [0.3, 0.4) is 0 Å². The first-order chi connectivity index (χ1) is 18.4. The molecule has 0 aliphatic rings. The number of ether oxygens (including phenoxy) is 2. The van der Waals surface area contributed by atoms with Crippen LogP contribution in [0.1, 0.15) is 30.9 Å². The van der Waals surface area contributed by atoms with Crippen molar-refractivity contribution in [2.24, 2.45) is 20.5 Å². The highest BCUT2D eigenvalue weighted by Gasteiger charge is 2.14. The van der Waals surface area contributed by atoms with E-state index in [1.54, 1.807) is 38.3 Å². The van der Waals surface area contributed by atoms with Crippen LogP contribution < -0.4 is 9.64 Å². The minimum absolute atomic E-state index is 0.0954. The molecule has 0 N–H and O–H groups in total. The Bertz CT molecular complexity index is 1280. The van der Waals surface area contributed by atoms with Crippen molar-refractivity contribution in [3.8, 4) is 5.75 Å². The maximum atomic E-state index is 11.4. The van der Waals surface area contributed by atoms with Crippen LogP contribution in [0.4, 0.5) is 34.1 Å². The molecule has 38 heavy (non-hydrogen) atoms. The van der Waals surface area contributed by atoms with E-state index >= 15 is 0 Å². The molecule has 0 aromatic heterocycles. The van der Waals surface area contributed by atoms with Gasteiger partial charge in [0.05, 0.1) is 30.0 Å². The summed E-state index contributed by atoms with van der Waals surface area (Å²) in [6.07, 6.45) is 2.24. The van der Waals surface area contributed by atoms with E-state index in [1.807, 2.05) is 31.2 Å². The normalized spacial score (nSPS) is 11.4. The average molecular weight is 519 g/mol. The van der Waals surface area contributed by atoms with Gasteiger partial charge in [0.25, 0.3) is 5.69 Å². The van der Waals surface area contributed by atoms with Crippen LogP contribution in [-0.2, 0) is 4.74 Å². The lowest BCUT2D eigenvalue weighted by Gasteiger charge is -2.24. The lowest BCUT2D eigenvalue weighted by Crippen LogP contribution is -2.28. The second-order valence-electron chi connectivity index (χ2n) is 8.81. The monoisotopic (exact) mass is 518 g/mol. The van der Waals surface area contributed by atoms with E-state index in [-0.39, 0.29) is 11.4 Å². The molecule has 0 spiro atoms. The van der Waals surface area contributed by atoms with Crippen molar-refractivity contribution < 1.29 is 14.4 Å². The van der Waals surface area contributed by atoms with Crippen LogP contribution in [-0.4, -0.2) is 38.8 Å². The van der Waals surface area contributed by atoms with Crippen molar-refractivity contribution in [2.75, 3.05) is 38.8 Å². The van der Waals surface area contributed by atoms with E-state index in [1.165, 1.54) is 13.2 Å². The van der Waals surface area contributed by atoms with Crippen molar-refractivity contribution in [1.29, 1.82) is 0 Å². The summed E-state index contributed by atoms with van der Waals surface area (Å²) in [6.45, 7) is 8.29. The highest BCUT2D eigenvalue weighted by Crippen LogP contribution is 2.37. The summed E-state index contributed by atoms with van der Waals surface area (Å²) in [5, 5.41) is 28.5. The molecular formula is C28H34N6O4. The van der Waals surface area contributed by atoms with Gasteiger partial charge < -0.3 is 14.4 Å². The third-order valence-corrected chi connectivity index (χ3v) is 5.93. The van der Waals surface area contributed by atoms with Crippen molar-refractivity contribution in [3.05, 3.63) is 75.8 Å². The van der Waals surface area contributed by atoms with Crippen molar-refractivity contribution in [3.63, 3.8) is 0 Å². The van der Waals surface area contributed by atoms with E-state index in [2.05, 4.69) is 32.3 Å². The zero-order valence-electron chi connectivity index (χ0n) is 22.5. The van der Waals surface area contributed by atoms with Gasteiger partial charge in [0.15, 0.2) is 5.69 Å². The Kier molecular flexibility index (Phi) is 10.4. The summed E-state index contributed by atoms with van der Waals surface area (Å²) in [5.74, 6) is 0.466. The molecule has 200 valence electrons. The van der Waals surface area contributed by atoms with E-state index < -0.39 is 4.92 Å². The standard InChI is InChI=1S/C28H34N6O4/c1-6-7-14-33(15-16-37-4)23-11-9-22(10-12-23)29-32-26-18-21(3)25(19-28(26)38-5)31-30-24-13-8-20(2)17-27(24)34(35)36/h8-13,17-19H,6-7,14-16H2,1-5H3/b31-30-,32-29-. The molecule has 0 bridgehead atoms. The molecule has 10 heteroatoms. The number of methoxy groups -OCH3 is 2. The predicted molar refractivity (Wildman–Crippen MR) is 149 cm³/mol. The number of rotatable bonds is 13. The topological polar surface area (TPSA) is 114 Å². The minimum atomic E-state index is -0.465. The highest BCUT2D eigenvalue weighted by molar-refractivity contribution is 5.64. The molecule has 3 aromatic carbocycles. The van der Waals surface area contributed by atoms with Gasteiger partial charge in [-0.2, -0.15) is 5.11 Å². The average Bonchev–Trinajstić information content (AvgIpc) is 2.92. The van der Waals surface area contributed by atoms with Crippen LogP contribution in [0.25, 0.3) is 0 Å². The third kappa shape index (κ3) is 7.66. The number of nitro benzene ring substituents is 1. The molecule has 0 saturated carbocycles. The third-order valence-electron chi connectivity index (χ3n) is 5.93. The molecular weight excluding hydrogens is 484 g/mol. The van der Waals surface area contributed by atoms with Gasteiger partial charge in [-0.3, -0.25) is 10.1 Å². The molecule has 0 radical (unpaired) electrons. The number of anilines is 1. The van der Waals surface area contributed by atoms with Crippen LogP contribution in [0.5, 0.6) is 5.75 Å². The Morgan fingerprint density at radius 1 is 0.868 bits per heavy atom. The van der Waals surface area contributed by atoms with Gasteiger partial charge in [0.2, 0.25) is 0 Å². The molecule has 0 heterocycles. The van der Waals surface area contributed by atoms with Crippen LogP contribution >= 0.6 is 0 Å². The number of hydrogen-bond donors (Lipinski definition) is 0. The maximum Gasteiger partial charge on any atom is 0.296 e. The summed E-state index contributed by atoms with van der Waals surface area (Å²) in [7, 11) is 3.25. The summed E-state index contributed by atoms with van der Waals surface area (Å²) >= 11 is 0. The number of unbranched alkanes of at least 4 members (excludes halogenated alkanes) is 1. The second kappa shape index (κ2) is 13.9. The fourth-order valence-corrected chi connectivity index (χ4v) is 3.75. The number of aryl methyl sites for hydroxylation is 2. The summed E-state index contributed by atoms with van der Waals surface area (Å²) < 4.78 is 10.8. The van der Waals surface area contributed by atoms with E-state index in [4.69, 9.17) is 9.47 Å². The SMILES string of the molecule is CCCCN(CCOC)c1ccc(/N=N\c2cc(C)c(/N=N\c3ccc(C)cc3[N+](=O)[O-])cc2OC)cc1. The number of nitro groups is 1. The molecule has 0 amide bonds. The molecule has 0 saturated heterocycles. The second-order valence-corrected chi connectivity index (χ2v) is 8.81. The van der Waals surface area contributed by atoms with Gasteiger partial charge in [-0.1, -0.05) is 19.4 Å². The van der Waals surface area contributed by atoms with Crippen molar-refractivity contribution in [2.45, 2.75) is 33.6 Å². The first kappa shape index (κ1) is 28.4. The van der Waals surface area contributed by atoms with Gasteiger partial charge in [-0.15, -0.1) is 15.3 Å². The zero-order chi connectivity index (χ0) is 27.5. The molecule has 0 fully saturated rings. The number of hydrogen-bond acceptors (Lipinski definition) is 9. The fourth-order valence-electron chi connectivity index (χ4n) is 3.75. The summed E-state index contributed by atoms with van der Waals surface area (Å²) in [5.41, 5.74) is 4.53. The number of nitrogens with zero attached hydrogens (tertiary/aromatic N) is 6.